The molecule has 1 aromatic heterocycles. The first-order valence-corrected chi connectivity index (χ1v) is 6.52. The first-order chi connectivity index (χ1) is 9.18. The highest BCUT2D eigenvalue weighted by atomic mass is 16.4. The highest BCUT2D eigenvalue weighted by molar-refractivity contribution is 6.04. The normalized spacial score (nSPS) is 15.2. The number of carboxylic acid groups (broad SMARTS) is 1. The molecule has 1 saturated carbocycles. The molecular formula is C15H16N2O2. The third-order valence-electron chi connectivity index (χ3n) is 3.95. The van der Waals surface area contributed by atoms with Gasteiger partial charge in [0.1, 0.15) is 5.56 Å². The van der Waals surface area contributed by atoms with Gasteiger partial charge in [-0.25, -0.2) is 4.79 Å². The summed E-state index contributed by atoms with van der Waals surface area (Å²) in [4.78, 5) is 17.8. The summed E-state index contributed by atoms with van der Waals surface area (Å²) in [5, 5.41) is 10.3. The Morgan fingerprint density at radius 2 is 2.11 bits per heavy atom. The molecule has 4 heteroatoms. The number of hydrogen-bond donors (Lipinski definition) is 1. The molecule has 1 aliphatic rings. The molecule has 3 rings (SSSR count). The minimum Gasteiger partial charge on any atom is -0.478 e. The van der Waals surface area contributed by atoms with E-state index in [0.29, 0.717) is 6.04 Å². The van der Waals surface area contributed by atoms with E-state index in [4.69, 9.17) is 0 Å². The topological polar surface area (TPSA) is 53.4 Å². The number of carboxylic acids is 1. The van der Waals surface area contributed by atoms with E-state index < -0.39 is 5.97 Å². The molecule has 0 aliphatic heterocycles. The summed E-state index contributed by atoms with van der Waals surface area (Å²) in [6.45, 7) is 0. The Morgan fingerprint density at radius 3 is 2.74 bits per heavy atom. The number of carbonyl (C=O) groups is 1. The molecular weight excluding hydrogens is 240 g/mol. The van der Waals surface area contributed by atoms with E-state index in [2.05, 4.69) is 9.88 Å². The molecule has 0 saturated heterocycles. The maximum Gasteiger partial charge on any atom is 0.339 e. The molecule has 0 bridgehead atoms. The molecule has 1 fully saturated rings. The fraction of sp³-hybridized carbons (Fsp3) is 0.333. The molecule has 1 aliphatic carbocycles. The first kappa shape index (κ1) is 12.0. The van der Waals surface area contributed by atoms with E-state index in [1.54, 1.807) is 0 Å². The van der Waals surface area contributed by atoms with Crippen molar-refractivity contribution in [2.45, 2.75) is 25.3 Å². The third-order valence-corrected chi connectivity index (χ3v) is 3.95. The summed E-state index contributed by atoms with van der Waals surface area (Å²) in [5.41, 5.74) is 1.92. The molecule has 0 spiro atoms. The molecule has 1 N–H and O–H groups in total. The van der Waals surface area contributed by atoms with E-state index in [9.17, 15) is 9.90 Å². The number of pyridine rings is 1. The van der Waals surface area contributed by atoms with Crippen molar-refractivity contribution in [3.63, 3.8) is 0 Å². The summed E-state index contributed by atoms with van der Waals surface area (Å²) < 4.78 is 0. The lowest BCUT2D eigenvalue weighted by Crippen LogP contribution is -2.38. The largest absolute Gasteiger partial charge is 0.478 e. The number of anilines is 1. The number of nitrogens with zero attached hydrogens (tertiary/aromatic N) is 2. The third kappa shape index (κ3) is 1.93. The van der Waals surface area contributed by atoms with E-state index in [-0.39, 0.29) is 5.56 Å². The smallest absolute Gasteiger partial charge is 0.339 e. The maximum atomic E-state index is 11.4. The van der Waals surface area contributed by atoms with E-state index in [1.807, 2.05) is 31.3 Å². The summed E-state index contributed by atoms with van der Waals surface area (Å²) in [6, 6.07) is 8.15. The maximum absolute atomic E-state index is 11.4. The van der Waals surface area contributed by atoms with Crippen molar-refractivity contribution in [2.75, 3.05) is 11.9 Å². The van der Waals surface area contributed by atoms with Crippen molar-refractivity contribution < 1.29 is 9.90 Å². The summed E-state index contributed by atoms with van der Waals surface area (Å²) in [6.07, 6.45) is 4.95. The second kappa shape index (κ2) is 4.53. The van der Waals surface area contributed by atoms with Crippen LogP contribution in [0.5, 0.6) is 0 Å². The van der Waals surface area contributed by atoms with Crippen LogP contribution < -0.4 is 4.90 Å². The second-order valence-electron chi connectivity index (χ2n) is 5.04. The van der Waals surface area contributed by atoms with Gasteiger partial charge in [-0.1, -0.05) is 18.2 Å². The van der Waals surface area contributed by atoms with Gasteiger partial charge in [0.15, 0.2) is 0 Å². The molecule has 2 aromatic rings. The summed E-state index contributed by atoms with van der Waals surface area (Å²) in [7, 11) is 1.98. The lowest BCUT2D eigenvalue weighted by molar-refractivity contribution is 0.0697. The molecule has 0 radical (unpaired) electrons. The zero-order valence-corrected chi connectivity index (χ0v) is 10.8. The Morgan fingerprint density at radius 1 is 1.37 bits per heavy atom. The van der Waals surface area contributed by atoms with Crippen LogP contribution in [0.2, 0.25) is 0 Å². The highest BCUT2D eigenvalue weighted by Gasteiger charge is 2.27. The monoisotopic (exact) mass is 256 g/mol. The van der Waals surface area contributed by atoms with Crippen molar-refractivity contribution in [2.24, 2.45) is 0 Å². The van der Waals surface area contributed by atoms with Crippen LogP contribution in [0.3, 0.4) is 0 Å². The molecule has 19 heavy (non-hydrogen) atoms. The Kier molecular flexibility index (Phi) is 2.85. The lowest BCUT2D eigenvalue weighted by atomic mass is 9.90. The van der Waals surface area contributed by atoms with Crippen LogP contribution in [0.15, 0.2) is 30.5 Å². The van der Waals surface area contributed by atoms with Gasteiger partial charge in [0, 0.05) is 24.7 Å². The highest BCUT2D eigenvalue weighted by Crippen LogP contribution is 2.34. The first-order valence-electron chi connectivity index (χ1n) is 6.52. The molecule has 0 unspecified atom stereocenters. The van der Waals surface area contributed by atoms with Crippen molar-refractivity contribution in [3.8, 4) is 0 Å². The standard InChI is InChI=1S/C15H16N2O2/c1-17(10-5-4-6-10)14-11-7-2-3-8-13(11)16-9-12(14)15(18)19/h2-3,7-10H,4-6H2,1H3,(H,18,19). The van der Waals surface area contributed by atoms with Gasteiger partial charge in [-0.3, -0.25) is 4.98 Å². The van der Waals surface area contributed by atoms with Gasteiger partial charge in [-0.15, -0.1) is 0 Å². The summed E-state index contributed by atoms with van der Waals surface area (Å²) >= 11 is 0. The van der Waals surface area contributed by atoms with Gasteiger partial charge < -0.3 is 10.0 Å². The van der Waals surface area contributed by atoms with Gasteiger partial charge in [0.05, 0.1) is 11.2 Å². The van der Waals surface area contributed by atoms with Crippen molar-refractivity contribution in [1.82, 2.24) is 4.98 Å². The Labute approximate surface area is 111 Å². The summed E-state index contributed by atoms with van der Waals surface area (Å²) in [5.74, 6) is -0.917. The number of aromatic nitrogens is 1. The van der Waals surface area contributed by atoms with Crippen molar-refractivity contribution >= 4 is 22.6 Å². The van der Waals surface area contributed by atoms with Gasteiger partial charge in [0.2, 0.25) is 0 Å². The van der Waals surface area contributed by atoms with Crippen LogP contribution in [0.1, 0.15) is 29.6 Å². The predicted octanol–water partition coefficient (Wildman–Crippen LogP) is 2.92. The van der Waals surface area contributed by atoms with E-state index in [0.717, 1.165) is 29.4 Å². The average molecular weight is 256 g/mol. The van der Waals surface area contributed by atoms with Crippen LogP contribution in [0, 0.1) is 0 Å². The zero-order valence-electron chi connectivity index (χ0n) is 10.8. The minimum atomic E-state index is -0.917. The van der Waals surface area contributed by atoms with Crippen molar-refractivity contribution in [1.29, 1.82) is 0 Å². The second-order valence-corrected chi connectivity index (χ2v) is 5.04. The van der Waals surface area contributed by atoms with Crippen LogP contribution >= 0.6 is 0 Å². The number of benzene rings is 1. The van der Waals surface area contributed by atoms with Crippen LogP contribution in [-0.4, -0.2) is 29.1 Å². The number of hydrogen-bond acceptors (Lipinski definition) is 3. The van der Waals surface area contributed by atoms with Gasteiger partial charge in [0.25, 0.3) is 0 Å². The SMILES string of the molecule is CN(c1c(C(=O)O)cnc2ccccc12)C1CCC1. The number of rotatable bonds is 3. The van der Waals surface area contributed by atoms with Gasteiger partial charge in [-0.2, -0.15) is 0 Å². The fourth-order valence-corrected chi connectivity index (χ4v) is 2.62. The lowest BCUT2D eigenvalue weighted by Gasteiger charge is -2.37. The number of fused-ring (bicyclic) bond motifs is 1. The number of aromatic carboxylic acids is 1. The molecule has 0 atom stereocenters. The molecule has 0 amide bonds. The van der Waals surface area contributed by atoms with Crippen LogP contribution in [0.4, 0.5) is 5.69 Å². The molecule has 1 aromatic carbocycles. The predicted molar refractivity (Wildman–Crippen MR) is 74.7 cm³/mol. The van der Waals surface area contributed by atoms with Crippen LogP contribution in [0.25, 0.3) is 10.9 Å². The minimum absolute atomic E-state index is 0.285. The fourth-order valence-electron chi connectivity index (χ4n) is 2.62. The van der Waals surface area contributed by atoms with Crippen molar-refractivity contribution in [3.05, 3.63) is 36.0 Å². The molecule has 1 heterocycles. The van der Waals surface area contributed by atoms with Crippen LogP contribution in [-0.2, 0) is 0 Å². The van der Waals surface area contributed by atoms with E-state index >= 15 is 0 Å². The van der Waals surface area contributed by atoms with Gasteiger partial charge >= 0.3 is 5.97 Å². The zero-order chi connectivity index (χ0) is 13.4. The molecule has 98 valence electrons. The molecule has 4 nitrogen and oxygen atoms in total. The Bertz CT molecular complexity index is 635. The number of para-hydroxylation sites is 1. The van der Waals surface area contributed by atoms with Gasteiger partial charge in [-0.05, 0) is 25.3 Å². The quantitative estimate of drug-likeness (QED) is 0.917. The van der Waals surface area contributed by atoms with E-state index in [1.165, 1.54) is 12.6 Å². The Hall–Kier alpha value is -2.10. The Balaban J connectivity index is 2.21. The average Bonchev–Trinajstić information content (AvgIpc) is 2.35.